The van der Waals surface area contributed by atoms with E-state index in [-0.39, 0.29) is 24.2 Å². The summed E-state index contributed by atoms with van der Waals surface area (Å²) in [5, 5.41) is 2.81. The predicted octanol–water partition coefficient (Wildman–Crippen LogP) is 3.53. The average Bonchev–Trinajstić information content (AvgIpc) is 3.19. The number of amides is 3. The van der Waals surface area contributed by atoms with Crippen molar-refractivity contribution in [3.8, 4) is 0 Å². The number of methoxy groups -OCH3 is 1. The van der Waals surface area contributed by atoms with Crippen LogP contribution in [-0.4, -0.2) is 66.8 Å². The third-order valence-corrected chi connectivity index (χ3v) is 6.04. The second-order valence-corrected chi connectivity index (χ2v) is 8.01. The van der Waals surface area contributed by atoms with E-state index in [2.05, 4.69) is 17.4 Å². The molecule has 8 heteroatoms. The smallest absolute Gasteiger partial charge is 0.410 e. The van der Waals surface area contributed by atoms with Gasteiger partial charge < -0.3 is 19.7 Å². The second-order valence-electron chi connectivity index (χ2n) is 8.01. The Morgan fingerprint density at radius 1 is 1.06 bits per heavy atom. The maximum absolute atomic E-state index is 12.8. The van der Waals surface area contributed by atoms with Gasteiger partial charge in [-0.2, -0.15) is 0 Å². The highest BCUT2D eigenvalue weighted by molar-refractivity contribution is 6.00. The Morgan fingerprint density at radius 3 is 2.47 bits per heavy atom. The van der Waals surface area contributed by atoms with Gasteiger partial charge in [0.1, 0.15) is 6.61 Å². The van der Waals surface area contributed by atoms with Gasteiger partial charge in [0.15, 0.2) is 0 Å². The van der Waals surface area contributed by atoms with Crippen molar-refractivity contribution >= 4 is 23.8 Å². The minimum atomic E-state index is -0.503. The summed E-state index contributed by atoms with van der Waals surface area (Å²) in [5.74, 6) is -0.503. The first-order valence-corrected chi connectivity index (χ1v) is 10.8. The molecule has 2 aromatic rings. The number of carbonyl (C=O) groups excluding carboxylic acids is 3. The molecule has 2 aromatic carbocycles. The van der Waals surface area contributed by atoms with Gasteiger partial charge in [0.05, 0.1) is 24.4 Å². The number of hydrogen-bond acceptors (Lipinski definition) is 5. The maximum atomic E-state index is 12.8. The van der Waals surface area contributed by atoms with E-state index in [0.29, 0.717) is 43.8 Å². The fourth-order valence-electron chi connectivity index (χ4n) is 4.38. The van der Waals surface area contributed by atoms with Crippen LogP contribution in [0.1, 0.15) is 28.8 Å². The summed E-state index contributed by atoms with van der Waals surface area (Å²) in [7, 11) is 1.31. The number of nitrogens with zero attached hydrogens (tertiary/aromatic N) is 2. The number of carbonyl (C=O) groups is 3. The van der Waals surface area contributed by atoms with Crippen LogP contribution in [0.2, 0.25) is 0 Å². The number of urea groups is 1. The van der Waals surface area contributed by atoms with Crippen molar-refractivity contribution in [3.05, 3.63) is 65.7 Å². The molecule has 2 aliphatic heterocycles. The molecule has 32 heavy (non-hydrogen) atoms. The average molecular weight is 437 g/mol. The monoisotopic (exact) mass is 437 g/mol. The lowest BCUT2D eigenvalue weighted by atomic mass is 9.99. The van der Waals surface area contributed by atoms with Crippen LogP contribution in [0.25, 0.3) is 0 Å². The molecular weight excluding hydrogens is 410 g/mol. The number of benzene rings is 2. The Morgan fingerprint density at radius 2 is 1.75 bits per heavy atom. The molecule has 0 aromatic heterocycles. The predicted molar refractivity (Wildman–Crippen MR) is 119 cm³/mol. The quantitative estimate of drug-likeness (QED) is 0.723. The van der Waals surface area contributed by atoms with Gasteiger partial charge in [-0.15, -0.1) is 0 Å². The summed E-state index contributed by atoms with van der Waals surface area (Å²) in [6, 6.07) is 16.6. The van der Waals surface area contributed by atoms with Crippen LogP contribution in [0.5, 0.6) is 0 Å². The van der Waals surface area contributed by atoms with Crippen LogP contribution in [0.4, 0.5) is 15.3 Å². The third-order valence-electron chi connectivity index (χ3n) is 6.04. The Bertz CT molecular complexity index is 973. The zero-order chi connectivity index (χ0) is 22.5. The Hall–Kier alpha value is -3.55. The summed E-state index contributed by atoms with van der Waals surface area (Å²) in [6.07, 6.45) is 1.82. The molecule has 1 atom stereocenters. The zero-order valence-electron chi connectivity index (χ0n) is 18.0. The fourth-order valence-corrected chi connectivity index (χ4v) is 4.38. The molecule has 1 N–H and O–H groups in total. The number of piperidine rings is 1. The number of rotatable bonds is 5. The van der Waals surface area contributed by atoms with Gasteiger partial charge in [0, 0.05) is 19.1 Å². The molecule has 0 radical (unpaired) electrons. The van der Waals surface area contributed by atoms with E-state index in [4.69, 9.17) is 9.47 Å². The van der Waals surface area contributed by atoms with E-state index in [1.807, 2.05) is 23.1 Å². The van der Waals surface area contributed by atoms with Crippen molar-refractivity contribution in [1.82, 2.24) is 9.80 Å². The largest absolute Gasteiger partial charge is 0.465 e. The van der Waals surface area contributed by atoms with Crippen molar-refractivity contribution in [2.24, 2.45) is 0 Å². The molecule has 168 valence electrons. The molecule has 4 rings (SSSR count). The van der Waals surface area contributed by atoms with Gasteiger partial charge in [-0.1, -0.05) is 42.5 Å². The van der Waals surface area contributed by atoms with Crippen molar-refractivity contribution < 1.29 is 23.9 Å². The SMILES string of the molecule is COC(=O)c1ccccc1NC(=O)N1CCC(N2C(=O)OCC2Cc2ccccc2)CC1. The number of para-hydroxylation sites is 1. The van der Waals surface area contributed by atoms with Crippen LogP contribution >= 0.6 is 0 Å². The van der Waals surface area contributed by atoms with Gasteiger partial charge in [-0.25, -0.2) is 14.4 Å². The molecule has 0 bridgehead atoms. The summed E-state index contributed by atoms with van der Waals surface area (Å²) < 4.78 is 10.1. The summed E-state index contributed by atoms with van der Waals surface area (Å²) in [5.41, 5.74) is 1.89. The summed E-state index contributed by atoms with van der Waals surface area (Å²) in [4.78, 5) is 40.7. The normalized spacial score (nSPS) is 18.9. The van der Waals surface area contributed by atoms with Gasteiger partial charge in [0.25, 0.3) is 0 Å². The lowest BCUT2D eigenvalue weighted by Crippen LogP contribution is -2.51. The molecule has 2 heterocycles. The van der Waals surface area contributed by atoms with Gasteiger partial charge in [-0.05, 0) is 37.0 Å². The van der Waals surface area contributed by atoms with Gasteiger partial charge in [-0.3, -0.25) is 4.90 Å². The first-order chi connectivity index (χ1) is 15.6. The molecule has 2 fully saturated rings. The lowest BCUT2D eigenvalue weighted by molar-refractivity contribution is 0.0602. The minimum Gasteiger partial charge on any atom is -0.465 e. The molecule has 0 spiro atoms. The topological polar surface area (TPSA) is 88.2 Å². The van der Waals surface area contributed by atoms with Crippen molar-refractivity contribution in [3.63, 3.8) is 0 Å². The highest BCUT2D eigenvalue weighted by Crippen LogP contribution is 2.26. The number of cyclic esters (lactones) is 1. The van der Waals surface area contributed by atoms with Crippen LogP contribution in [0, 0.1) is 0 Å². The van der Waals surface area contributed by atoms with E-state index in [9.17, 15) is 14.4 Å². The van der Waals surface area contributed by atoms with Crippen molar-refractivity contribution in [1.29, 1.82) is 0 Å². The molecule has 0 saturated carbocycles. The maximum Gasteiger partial charge on any atom is 0.410 e. The minimum absolute atomic E-state index is 0.00205. The first kappa shape index (κ1) is 21.7. The second kappa shape index (κ2) is 9.72. The number of anilines is 1. The molecule has 0 aliphatic carbocycles. The van der Waals surface area contributed by atoms with Gasteiger partial charge in [0.2, 0.25) is 0 Å². The Kier molecular flexibility index (Phi) is 6.58. The number of nitrogens with one attached hydrogen (secondary N) is 1. The Balaban J connectivity index is 1.36. The van der Waals surface area contributed by atoms with E-state index in [1.165, 1.54) is 12.7 Å². The van der Waals surface area contributed by atoms with Crippen molar-refractivity contribution in [2.45, 2.75) is 31.3 Å². The Labute approximate surface area is 187 Å². The summed E-state index contributed by atoms with van der Waals surface area (Å²) >= 11 is 0. The zero-order valence-corrected chi connectivity index (χ0v) is 18.0. The van der Waals surface area contributed by atoms with Crippen LogP contribution in [0.15, 0.2) is 54.6 Å². The molecule has 1 unspecified atom stereocenters. The molecule has 2 saturated heterocycles. The van der Waals surface area contributed by atoms with Gasteiger partial charge >= 0.3 is 18.1 Å². The standard InChI is InChI=1S/C24H27N3O5/c1-31-22(28)20-9-5-6-10-21(20)25-23(29)26-13-11-18(12-14-26)27-19(16-32-24(27)30)15-17-7-3-2-4-8-17/h2-10,18-19H,11-16H2,1H3,(H,25,29). The van der Waals surface area contributed by atoms with Crippen LogP contribution in [-0.2, 0) is 15.9 Å². The van der Waals surface area contributed by atoms with E-state index >= 15 is 0 Å². The molecule has 2 aliphatic rings. The highest BCUT2D eigenvalue weighted by Gasteiger charge is 2.39. The number of hydrogen-bond donors (Lipinski definition) is 1. The molecule has 3 amide bonds. The number of likely N-dealkylation sites (tertiary alicyclic amines) is 1. The highest BCUT2D eigenvalue weighted by atomic mass is 16.6. The van der Waals surface area contributed by atoms with E-state index in [1.54, 1.807) is 29.2 Å². The fraction of sp³-hybridized carbons (Fsp3) is 0.375. The van der Waals surface area contributed by atoms with Crippen LogP contribution < -0.4 is 5.32 Å². The lowest BCUT2D eigenvalue weighted by Gasteiger charge is -2.37. The van der Waals surface area contributed by atoms with E-state index < -0.39 is 5.97 Å². The van der Waals surface area contributed by atoms with E-state index in [0.717, 1.165) is 6.42 Å². The number of ether oxygens (including phenoxy) is 2. The number of esters is 1. The van der Waals surface area contributed by atoms with Crippen molar-refractivity contribution in [2.75, 3.05) is 32.1 Å². The molecule has 8 nitrogen and oxygen atoms in total. The third kappa shape index (κ3) is 4.69. The first-order valence-electron chi connectivity index (χ1n) is 10.8. The van der Waals surface area contributed by atoms with Crippen LogP contribution in [0.3, 0.4) is 0 Å². The molecular formula is C24H27N3O5. The summed E-state index contributed by atoms with van der Waals surface area (Å²) in [6.45, 7) is 1.41.